The molecule has 0 radical (unpaired) electrons. The Balaban J connectivity index is 1.11. The van der Waals surface area contributed by atoms with Gasteiger partial charge in [-0.25, -0.2) is 0 Å². The Morgan fingerprint density at radius 3 is 1.67 bits per heavy atom. The number of para-hydroxylation sites is 3. The van der Waals surface area contributed by atoms with Gasteiger partial charge in [-0.05, 0) is 116 Å². The van der Waals surface area contributed by atoms with E-state index in [4.69, 9.17) is 0 Å². The predicted octanol–water partition coefficient (Wildman–Crippen LogP) is 15.6. The summed E-state index contributed by atoms with van der Waals surface area (Å²) in [5.74, 6) is 0. The van der Waals surface area contributed by atoms with Crippen molar-refractivity contribution >= 4 is 60.4 Å². The minimum atomic E-state index is 1.10. The van der Waals surface area contributed by atoms with E-state index in [1.54, 1.807) is 0 Å². The Labute approximate surface area is 338 Å². The molecule has 0 bridgehead atoms. The molecule has 1 aromatic heterocycles. The largest absolute Gasteiger partial charge is 0.309 e. The van der Waals surface area contributed by atoms with Crippen molar-refractivity contribution in [2.24, 2.45) is 0 Å². The zero-order valence-electron chi connectivity index (χ0n) is 31.8. The van der Waals surface area contributed by atoms with E-state index in [1.165, 1.54) is 76.7 Å². The summed E-state index contributed by atoms with van der Waals surface area (Å²) >= 11 is 0. The van der Waals surface area contributed by atoms with E-state index in [2.05, 4.69) is 240 Å². The third kappa shape index (κ3) is 5.82. The first-order valence-electron chi connectivity index (χ1n) is 19.9. The van der Waals surface area contributed by atoms with Gasteiger partial charge in [0, 0.05) is 27.7 Å². The predicted molar refractivity (Wildman–Crippen MR) is 247 cm³/mol. The summed E-state index contributed by atoms with van der Waals surface area (Å²) in [5.41, 5.74) is 14.0. The van der Waals surface area contributed by atoms with Crippen molar-refractivity contribution in [1.29, 1.82) is 0 Å². The van der Waals surface area contributed by atoms with Gasteiger partial charge in [-0.2, -0.15) is 0 Å². The topological polar surface area (TPSA) is 8.17 Å². The van der Waals surface area contributed by atoms with E-state index >= 15 is 0 Å². The van der Waals surface area contributed by atoms with Gasteiger partial charge in [0.05, 0.1) is 22.4 Å². The van der Waals surface area contributed by atoms with Crippen LogP contribution in [0, 0.1) is 0 Å². The van der Waals surface area contributed by atoms with Crippen LogP contribution in [0.4, 0.5) is 17.1 Å². The van der Waals surface area contributed by atoms with Gasteiger partial charge in [-0.1, -0.05) is 164 Å². The Morgan fingerprint density at radius 1 is 0.310 bits per heavy atom. The SMILES string of the molecule is c1ccc(-c2ccccc2N(c2ccc3ccc(-c4cccc(-c5ccc6ccccc6c5)c4)cc3c2)c2cccc3c2c2ccccc2n3-c2ccccc2)cc1. The molecule has 0 fully saturated rings. The average molecular weight is 739 g/mol. The van der Waals surface area contributed by atoms with Gasteiger partial charge in [0.1, 0.15) is 0 Å². The Hall–Kier alpha value is -7.68. The molecular weight excluding hydrogens is 701 g/mol. The van der Waals surface area contributed by atoms with E-state index in [9.17, 15) is 0 Å². The molecule has 0 aliphatic heterocycles. The molecule has 58 heavy (non-hydrogen) atoms. The van der Waals surface area contributed by atoms with Gasteiger partial charge in [0.15, 0.2) is 0 Å². The summed E-state index contributed by atoms with van der Waals surface area (Å²) < 4.78 is 2.40. The summed E-state index contributed by atoms with van der Waals surface area (Å²) in [6.45, 7) is 0. The monoisotopic (exact) mass is 738 g/mol. The molecule has 0 aliphatic rings. The van der Waals surface area contributed by atoms with Crippen LogP contribution in [0.1, 0.15) is 0 Å². The van der Waals surface area contributed by atoms with Crippen molar-refractivity contribution in [2.45, 2.75) is 0 Å². The van der Waals surface area contributed by atoms with Crippen molar-refractivity contribution in [3.8, 4) is 39.1 Å². The van der Waals surface area contributed by atoms with E-state index in [0.29, 0.717) is 0 Å². The lowest BCUT2D eigenvalue weighted by Gasteiger charge is -2.29. The third-order valence-electron chi connectivity index (χ3n) is 11.5. The first-order chi connectivity index (χ1) is 28.8. The van der Waals surface area contributed by atoms with Gasteiger partial charge in [-0.15, -0.1) is 0 Å². The molecule has 0 aliphatic carbocycles. The van der Waals surface area contributed by atoms with Crippen molar-refractivity contribution in [3.63, 3.8) is 0 Å². The fourth-order valence-corrected chi connectivity index (χ4v) is 8.78. The lowest BCUT2D eigenvalue weighted by Crippen LogP contribution is -2.11. The summed E-state index contributed by atoms with van der Waals surface area (Å²) in [6.07, 6.45) is 0. The molecule has 10 aromatic carbocycles. The van der Waals surface area contributed by atoms with Crippen LogP contribution in [0.3, 0.4) is 0 Å². The second-order valence-electron chi connectivity index (χ2n) is 15.0. The molecule has 0 saturated carbocycles. The average Bonchev–Trinajstić information content (AvgIpc) is 3.64. The highest BCUT2D eigenvalue weighted by Gasteiger charge is 2.23. The minimum absolute atomic E-state index is 1.10. The number of hydrogen-bond acceptors (Lipinski definition) is 1. The normalized spacial score (nSPS) is 11.4. The van der Waals surface area contributed by atoms with E-state index in [0.717, 1.165) is 22.7 Å². The summed E-state index contributed by atoms with van der Waals surface area (Å²) in [7, 11) is 0. The molecule has 11 rings (SSSR count). The highest BCUT2D eigenvalue weighted by atomic mass is 15.2. The summed E-state index contributed by atoms with van der Waals surface area (Å²) in [6, 6.07) is 83.8. The Bertz CT molecular complexity index is 3290. The van der Waals surface area contributed by atoms with Crippen LogP contribution >= 0.6 is 0 Å². The van der Waals surface area contributed by atoms with Gasteiger partial charge >= 0.3 is 0 Å². The molecule has 2 heteroatoms. The maximum Gasteiger partial charge on any atom is 0.0562 e. The van der Waals surface area contributed by atoms with Crippen molar-refractivity contribution in [3.05, 3.63) is 231 Å². The molecular formula is C56H38N2. The highest BCUT2D eigenvalue weighted by molar-refractivity contribution is 6.17. The molecule has 0 saturated heterocycles. The molecule has 0 atom stereocenters. The number of rotatable bonds is 7. The van der Waals surface area contributed by atoms with E-state index in [1.807, 2.05) is 0 Å². The second-order valence-corrected chi connectivity index (χ2v) is 15.0. The van der Waals surface area contributed by atoms with Crippen LogP contribution in [0.25, 0.3) is 82.4 Å². The standard InChI is InChI=1S/C56H38N2/c1-3-16-41(17-4-1)50-23-9-11-25-52(50)58(55-28-14-27-54-56(55)51-24-10-12-26-53(51)57(54)48-21-5-2-6-22-48)49-34-33-40-30-32-46(37-47(40)38-49)44-20-13-19-43(36-44)45-31-29-39-15-7-8-18-42(39)35-45/h1-38H. The third-order valence-corrected chi connectivity index (χ3v) is 11.5. The fraction of sp³-hybridized carbons (Fsp3) is 0. The van der Waals surface area contributed by atoms with Crippen molar-refractivity contribution < 1.29 is 0 Å². The number of aromatic nitrogens is 1. The van der Waals surface area contributed by atoms with Crippen LogP contribution in [0.15, 0.2) is 231 Å². The van der Waals surface area contributed by atoms with Gasteiger partial charge in [0.25, 0.3) is 0 Å². The molecule has 0 N–H and O–H groups in total. The van der Waals surface area contributed by atoms with Gasteiger partial charge in [-0.3, -0.25) is 0 Å². The molecule has 0 unspecified atom stereocenters. The maximum absolute atomic E-state index is 2.47. The van der Waals surface area contributed by atoms with E-state index in [-0.39, 0.29) is 0 Å². The van der Waals surface area contributed by atoms with Crippen LogP contribution in [-0.4, -0.2) is 4.57 Å². The molecule has 1 heterocycles. The van der Waals surface area contributed by atoms with Crippen LogP contribution < -0.4 is 4.90 Å². The molecule has 0 amide bonds. The summed E-state index contributed by atoms with van der Waals surface area (Å²) in [4.78, 5) is 2.47. The van der Waals surface area contributed by atoms with E-state index < -0.39 is 0 Å². The smallest absolute Gasteiger partial charge is 0.0562 e. The number of nitrogens with zero attached hydrogens (tertiary/aromatic N) is 2. The first-order valence-corrected chi connectivity index (χ1v) is 19.9. The molecule has 11 aromatic rings. The van der Waals surface area contributed by atoms with Crippen molar-refractivity contribution in [2.75, 3.05) is 4.90 Å². The number of anilines is 3. The first kappa shape index (κ1) is 33.6. The Morgan fingerprint density at radius 2 is 0.862 bits per heavy atom. The lowest BCUT2D eigenvalue weighted by molar-refractivity contribution is 1.18. The second kappa shape index (κ2) is 14.1. The van der Waals surface area contributed by atoms with Crippen LogP contribution in [-0.2, 0) is 0 Å². The Kier molecular flexibility index (Phi) is 8.19. The maximum atomic E-state index is 2.47. The van der Waals surface area contributed by atoms with Crippen molar-refractivity contribution in [1.82, 2.24) is 4.57 Å². The zero-order chi connectivity index (χ0) is 38.4. The van der Waals surface area contributed by atoms with Gasteiger partial charge < -0.3 is 9.47 Å². The molecule has 0 spiro atoms. The zero-order valence-corrected chi connectivity index (χ0v) is 31.8. The van der Waals surface area contributed by atoms with Gasteiger partial charge in [0.2, 0.25) is 0 Å². The number of fused-ring (bicyclic) bond motifs is 5. The number of hydrogen-bond donors (Lipinski definition) is 0. The minimum Gasteiger partial charge on any atom is -0.309 e. The van der Waals surface area contributed by atoms with Crippen LogP contribution in [0.2, 0.25) is 0 Å². The fourth-order valence-electron chi connectivity index (χ4n) is 8.78. The molecule has 272 valence electrons. The molecule has 2 nitrogen and oxygen atoms in total. The van der Waals surface area contributed by atoms with Crippen LogP contribution in [0.5, 0.6) is 0 Å². The summed E-state index contributed by atoms with van der Waals surface area (Å²) in [5, 5.41) is 7.33. The number of benzene rings is 10. The highest BCUT2D eigenvalue weighted by Crippen LogP contribution is 2.47. The lowest BCUT2D eigenvalue weighted by atomic mass is 9.96. The quantitative estimate of drug-likeness (QED) is 0.158.